The zero-order valence-electron chi connectivity index (χ0n) is 46.7. The average Bonchev–Trinajstić information content (AvgIpc) is 2.32. The summed E-state index contributed by atoms with van der Waals surface area (Å²) in [7, 11) is -2.22. The van der Waals surface area contributed by atoms with Crippen molar-refractivity contribution in [3.63, 3.8) is 0 Å². The molecule has 9 rings (SSSR count). The molecule has 5 heterocycles. The van der Waals surface area contributed by atoms with Gasteiger partial charge >= 0.3 is 23.4 Å². The van der Waals surface area contributed by atoms with Crippen LogP contribution in [-0.4, -0.2) is 105 Å². The predicted octanol–water partition coefficient (Wildman–Crippen LogP) is 6.16. The summed E-state index contributed by atoms with van der Waals surface area (Å²) in [5, 5.41) is 30.0. The van der Waals surface area contributed by atoms with Gasteiger partial charge in [0.2, 0.25) is 27.5 Å². The standard InChI is InChI=1S/C57H62FN9O14S/c1-11-57(75)38-21-42-46-36(24-67(42)51(71)37(38)26-78-52(57)72)44-40(19-18-35-28(4)39(58)22-41(61-46)43(35)44)62-53(73)79-25-32-16-17-34(20-33(32)23-66(9)55(74)81-56(6,7)8)60-47(68)29(5)59-49(70)45(27(2)3)63-48(69)30-12-14-31(15-13-30)50-64-65-54(80-50)82(10,76)77/h12-17,20-22,27,29,40,45,75H,11,18-19,23-26H2,1-10H3,(H,59,70)(H,60,68)(H,62,73)(H,63,69)/t29-,40-,45-,57-/m0/s1. The van der Waals surface area contributed by atoms with Gasteiger partial charge < -0.3 is 54.5 Å². The number of anilines is 1. The van der Waals surface area contributed by atoms with Gasteiger partial charge in [-0.25, -0.2) is 32.2 Å². The van der Waals surface area contributed by atoms with Crippen molar-refractivity contribution in [2.45, 2.75) is 136 Å². The van der Waals surface area contributed by atoms with Crippen LogP contribution in [0.4, 0.5) is 19.7 Å². The number of alkyl carbamates (subject to hydrolysis) is 1. The van der Waals surface area contributed by atoms with Gasteiger partial charge in [0.25, 0.3) is 11.5 Å². The number of esters is 1. The number of amides is 5. The maximum absolute atomic E-state index is 15.6. The Morgan fingerprint density at radius 2 is 1.68 bits per heavy atom. The van der Waals surface area contributed by atoms with Gasteiger partial charge in [0, 0.05) is 59.2 Å². The summed E-state index contributed by atoms with van der Waals surface area (Å²) in [6.45, 7) is 12.6. The topological polar surface area (TPSA) is 310 Å². The Hall–Kier alpha value is -8.58. The van der Waals surface area contributed by atoms with Gasteiger partial charge in [-0.15, -0.1) is 5.10 Å². The van der Waals surface area contributed by atoms with Gasteiger partial charge in [0.1, 0.15) is 36.7 Å². The van der Waals surface area contributed by atoms with Crippen LogP contribution in [0, 0.1) is 18.7 Å². The largest absolute Gasteiger partial charge is 0.458 e. The van der Waals surface area contributed by atoms with E-state index in [0.717, 1.165) is 6.26 Å². The molecule has 0 bridgehead atoms. The number of halogens is 1. The smallest absolute Gasteiger partial charge is 0.410 e. The third kappa shape index (κ3) is 11.4. The van der Waals surface area contributed by atoms with E-state index in [4.69, 9.17) is 23.6 Å². The molecule has 0 saturated heterocycles. The molecule has 6 aromatic rings. The van der Waals surface area contributed by atoms with Crippen molar-refractivity contribution in [3.8, 4) is 22.8 Å². The van der Waals surface area contributed by atoms with Crippen molar-refractivity contribution in [2.24, 2.45) is 5.92 Å². The molecule has 0 fully saturated rings. The minimum Gasteiger partial charge on any atom is -0.458 e. The number of ether oxygens (including phenoxy) is 3. The van der Waals surface area contributed by atoms with Gasteiger partial charge in [-0.05, 0) is 130 Å². The highest BCUT2D eigenvalue weighted by Crippen LogP contribution is 2.46. The Kier molecular flexibility index (Phi) is 15.6. The number of fused-ring (bicyclic) bond motifs is 5. The SMILES string of the molecule is CC[C@@]1(O)C(=O)OCc2c1cc1n(c2=O)Cc2c-1nc1cc(F)c(C)c3c1c2[C@@H](NC(=O)OCc1ccc(NC(=O)[C@H](C)NC(=O)[C@@H](NC(=O)c2ccc(-c4nnc(S(C)(=O)=O)o4)cc2)C(C)C)cc1CN(C)C(=O)OC(C)(C)C)CC3. The molecule has 4 atom stereocenters. The quantitative estimate of drug-likeness (QED) is 0.0567. The van der Waals surface area contributed by atoms with Gasteiger partial charge in [-0.1, -0.05) is 31.9 Å². The van der Waals surface area contributed by atoms with E-state index < -0.39 is 97.6 Å². The summed E-state index contributed by atoms with van der Waals surface area (Å²) in [5.74, 6) is -3.74. The number of cyclic esters (lactones) is 1. The summed E-state index contributed by atoms with van der Waals surface area (Å²) in [6, 6.07) is 10.5. The molecular formula is C57H62FN9O14S. The summed E-state index contributed by atoms with van der Waals surface area (Å²) < 4.78 is 62.6. The van der Waals surface area contributed by atoms with Gasteiger partial charge in [-0.2, -0.15) is 0 Å². The van der Waals surface area contributed by atoms with Crippen molar-refractivity contribution < 1.29 is 65.3 Å². The maximum Gasteiger partial charge on any atom is 0.410 e. The first kappa shape index (κ1) is 58.1. The van der Waals surface area contributed by atoms with E-state index in [0.29, 0.717) is 74.1 Å². The molecule has 1 aliphatic carbocycles. The number of nitrogens with one attached hydrogen (secondary N) is 4. The molecule has 0 saturated carbocycles. The summed E-state index contributed by atoms with van der Waals surface area (Å²) in [5.41, 5.74) is 1.83. The predicted molar refractivity (Wildman–Crippen MR) is 293 cm³/mol. The van der Waals surface area contributed by atoms with Crippen LogP contribution in [0.15, 0.2) is 69.0 Å². The first-order valence-corrected chi connectivity index (χ1v) is 28.3. The fourth-order valence-electron chi connectivity index (χ4n) is 10.3. The van der Waals surface area contributed by atoms with Crippen molar-refractivity contribution in [1.29, 1.82) is 0 Å². The summed E-state index contributed by atoms with van der Waals surface area (Å²) in [6.07, 6.45) is 0.0731. The number of aliphatic hydroxyl groups is 1. The zero-order valence-corrected chi connectivity index (χ0v) is 47.5. The summed E-state index contributed by atoms with van der Waals surface area (Å²) in [4.78, 5) is 101. The van der Waals surface area contributed by atoms with E-state index in [1.54, 1.807) is 72.7 Å². The van der Waals surface area contributed by atoms with Gasteiger partial charge in [0.15, 0.2) is 5.60 Å². The van der Waals surface area contributed by atoms with E-state index in [2.05, 4.69) is 31.5 Å². The number of aryl methyl sites for hydroxylation is 1. The van der Waals surface area contributed by atoms with Crippen LogP contribution in [0.1, 0.15) is 122 Å². The van der Waals surface area contributed by atoms with Crippen molar-refractivity contribution in [1.82, 2.24) is 40.6 Å². The van der Waals surface area contributed by atoms with Crippen molar-refractivity contribution in [3.05, 3.63) is 121 Å². The molecule has 3 aromatic heterocycles. The number of rotatable bonds is 15. The molecule has 5 N–H and O–H groups in total. The number of sulfone groups is 1. The lowest BCUT2D eigenvalue weighted by Crippen LogP contribution is -2.53. The fourth-order valence-corrected chi connectivity index (χ4v) is 10.7. The lowest BCUT2D eigenvalue weighted by molar-refractivity contribution is -0.172. The highest BCUT2D eigenvalue weighted by Gasteiger charge is 2.46. The second-order valence-electron chi connectivity index (χ2n) is 22.1. The molecule has 2 aliphatic heterocycles. The van der Waals surface area contributed by atoms with E-state index in [-0.39, 0.29) is 61.0 Å². The molecule has 0 unspecified atom stereocenters. The molecule has 82 heavy (non-hydrogen) atoms. The first-order valence-electron chi connectivity index (χ1n) is 26.4. The van der Waals surface area contributed by atoms with Crippen LogP contribution >= 0.6 is 0 Å². The molecule has 0 radical (unpaired) electrons. The third-order valence-corrected chi connectivity index (χ3v) is 15.5. The molecule has 432 valence electrons. The number of aromatic nitrogens is 4. The Balaban J connectivity index is 0.910. The van der Waals surface area contributed by atoms with Crippen LogP contribution in [0.2, 0.25) is 0 Å². The lowest BCUT2D eigenvalue weighted by Gasteiger charge is -2.31. The van der Waals surface area contributed by atoms with Gasteiger partial charge in [-0.3, -0.25) is 19.2 Å². The van der Waals surface area contributed by atoms with E-state index in [1.165, 1.54) is 53.8 Å². The maximum atomic E-state index is 15.6. The van der Waals surface area contributed by atoms with E-state index >= 15 is 4.39 Å². The summed E-state index contributed by atoms with van der Waals surface area (Å²) >= 11 is 0. The van der Waals surface area contributed by atoms with Gasteiger partial charge in [0.05, 0.1) is 35.1 Å². The fraction of sp³-hybridized carbons (Fsp3) is 0.404. The number of benzene rings is 3. The number of carbonyl (C=O) groups is 6. The second-order valence-corrected chi connectivity index (χ2v) is 24.0. The van der Waals surface area contributed by atoms with Crippen molar-refractivity contribution in [2.75, 3.05) is 18.6 Å². The third-order valence-electron chi connectivity index (χ3n) is 14.7. The lowest BCUT2D eigenvalue weighted by atomic mass is 9.81. The molecule has 23 nitrogen and oxygen atoms in total. The minimum absolute atomic E-state index is 0.0262. The molecule has 3 aliphatic rings. The van der Waals surface area contributed by atoms with Crippen LogP contribution < -0.4 is 26.8 Å². The Labute approximate surface area is 470 Å². The number of carbonyl (C=O) groups excluding carboxylic acids is 6. The number of nitrogens with zero attached hydrogens (tertiary/aromatic N) is 5. The Morgan fingerprint density at radius 3 is 2.34 bits per heavy atom. The number of hydrogen-bond acceptors (Lipinski definition) is 17. The van der Waals surface area contributed by atoms with Crippen LogP contribution in [-0.2, 0) is 76.8 Å². The molecular weight excluding hydrogens is 1090 g/mol. The Bertz CT molecular complexity index is 3820. The average molecular weight is 1150 g/mol. The first-order chi connectivity index (χ1) is 38.6. The van der Waals surface area contributed by atoms with E-state index in [9.17, 15) is 47.1 Å². The molecule has 0 spiro atoms. The molecule has 3 aromatic carbocycles. The molecule has 25 heteroatoms. The zero-order chi connectivity index (χ0) is 59.5. The van der Waals surface area contributed by atoms with Crippen LogP contribution in [0.5, 0.6) is 0 Å². The monoisotopic (exact) mass is 1150 g/mol. The van der Waals surface area contributed by atoms with Crippen LogP contribution in [0.25, 0.3) is 33.7 Å². The molecule has 5 amide bonds. The number of hydrogen-bond donors (Lipinski definition) is 5. The second kappa shape index (κ2) is 22.1. The van der Waals surface area contributed by atoms with E-state index in [1.807, 2.05) is 0 Å². The highest BCUT2D eigenvalue weighted by atomic mass is 32.2. The van der Waals surface area contributed by atoms with Crippen LogP contribution in [0.3, 0.4) is 0 Å². The van der Waals surface area contributed by atoms with Crippen molar-refractivity contribution >= 4 is 62.3 Å². The normalized spacial score (nSPS) is 16.9. The minimum atomic E-state index is -3.74. The highest BCUT2D eigenvalue weighted by molar-refractivity contribution is 7.90. The Morgan fingerprint density at radius 1 is 0.963 bits per heavy atom. The number of pyridine rings is 2.